The smallest absolute Gasteiger partial charge is 0.119 e. The summed E-state index contributed by atoms with van der Waals surface area (Å²) in [4.78, 5) is 0. The van der Waals surface area contributed by atoms with E-state index in [4.69, 9.17) is 0 Å². The van der Waals surface area contributed by atoms with Gasteiger partial charge in [0.2, 0.25) is 0 Å². The van der Waals surface area contributed by atoms with Gasteiger partial charge in [0.25, 0.3) is 0 Å². The van der Waals surface area contributed by atoms with Crippen molar-refractivity contribution >= 4 is 0 Å². The van der Waals surface area contributed by atoms with Crippen LogP contribution in [-0.2, 0) is 0 Å². The molecule has 0 aliphatic rings. The van der Waals surface area contributed by atoms with E-state index >= 15 is 0 Å². The summed E-state index contributed by atoms with van der Waals surface area (Å²) in [5, 5.41) is 30.6. The van der Waals surface area contributed by atoms with Crippen molar-refractivity contribution in [3.05, 3.63) is 88.5 Å². The van der Waals surface area contributed by atoms with Crippen LogP contribution in [0.4, 0.5) is 0 Å². The lowest BCUT2D eigenvalue weighted by Crippen LogP contribution is -2.06. The second-order valence-electron chi connectivity index (χ2n) is 7.97. The Kier molecular flexibility index (Phi) is 5.64. The molecule has 0 atom stereocenters. The van der Waals surface area contributed by atoms with Gasteiger partial charge in [0, 0.05) is 5.92 Å². The molecule has 0 radical (unpaired) electrons. The van der Waals surface area contributed by atoms with E-state index in [1.165, 1.54) is 0 Å². The average Bonchev–Trinajstić information content (AvgIpc) is 2.64. The van der Waals surface area contributed by atoms with E-state index in [-0.39, 0.29) is 23.5 Å². The Morgan fingerprint density at radius 2 is 1.04 bits per heavy atom. The van der Waals surface area contributed by atoms with E-state index in [1.54, 1.807) is 24.3 Å². The standard InChI is InChI=1S/C25H28O3/c1-15(2)21-13-18(8-10-23(21)27)25(17-6-5-7-20(26)12-17)19-9-11-24(28)22(14-19)16(3)4/h5-16,25-28H,1-4H3. The molecule has 3 N–H and O–H groups in total. The number of rotatable bonds is 5. The third-order valence-corrected chi connectivity index (χ3v) is 5.22. The highest BCUT2D eigenvalue weighted by Gasteiger charge is 2.21. The van der Waals surface area contributed by atoms with Crippen molar-refractivity contribution in [3.63, 3.8) is 0 Å². The second kappa shape index (κ2) is 7.97. The summed E-state index contributed by atoms with van der Waals surface area (Å²) in [5.74, 6) is 1.06. The van der Waals surface area contributed by atoms with Crippen molar-refractivity contribution < 1.29 is 15.3 Å². The van der Waals surface area contributed by atoms with Crippen molar-refractivity contribution in [2.24, 2.45) is 0 Å². The molecule has 3 nitrogen and oxygen atoms in total. The normalized spacial score (nSPS) is 11.5. The maximum absolute atomic E-state index is 10.3. The highest BCUT2D eigenvalue weighted by atomic mass is 16.3. The van der Waals surface area contributed by atoms with E-state index in [2.05, 4.69) is 27.7 Å². The molecule has 0 fully saturated rings. The van der Waals surface area contributed by atoms with E-state index in [1.807, 2.05) is 36.4 Å². The molecule has 0 aromatic heterocycles. The maximum Gasteiger partial charge on any atom is 0.119 e. The minimum absolute atomic E-state index is 0.122. The van der Waals surface area contributed by atoms with Crippen molar-refractivity contribution in [2.45, 2.75) is 45.4 Å². The monoisotopic (exact) mass is 376 g/mol. The molecule has 0 aliphatic heterocycles. The van der Waals surface area contributed by atoms with Crippen molar-refractivity contribution in [1.82, 2.24) is 0 Å². The molecule has 0 heterocycles. The van der Waals surface area contributed by atoms with Crippen molar-refractivity contribution in [1.29, 1.82) is 0 Å². The van der Waals surface area contributed by atoms with E-state index in [0.717, 1.165) is 27.8 Å². The Balaban J connectivity index is 2.23. The molecule has 3 rings (SSSR count). The van der Waals surface area contributed by atoms with Crippen LogP contribution in [0.5, 0.6) is 17.2 Å². The van der Waals surface area contributed by atoms with E-state index in [0.29, 0.717) is 11.5 Å². The maximum atomic E-state index is 10.3. The summed E-state index contributed by atoms with van der Waals surface area (Å²) >= 11 is 0. The zero-order valence-electron chi connectivity index (χ0n) is 16.8. The van der Waals surface area contributed by atoms with E-state index in [9.17, 15) is 15.3 Å². The molecular weight excluding hydrogens is 348 g/mol. The first-order valence-electron chi connectivity index (χ1n) is 9.72. The molecule has 146 valence electrons. The predicted octanol–water partition coefficient (Wildman–Crippen LogP) is 6.23. The van der Waals surface area contributed by atoms with Gasteiger partial charge in [-0.1, -0.05) is 64.1 Å². The number of hydrogen-bond donors (Lipinski definition) is 3. The molecular formula is C25H28O3. The van der Waals surface area contributed by atoms with Gasteiger partial charge in [0.15, 0.2) is 0 Å². The van der Waals surface area contributed by atoms with Crippen molar-refractivity contribution in [3.8, 4) is 17.2 Å². The van der Waals surface area contributed by atoms with Crippen LogP contribution in [0.15, 0.2) is 60.7 Å². The number of aromatic hydroxyl groups is 3. The summed E-state index contributed by atoms with van der Waals surface area (Å²) in [5.41, 5.74) is 4.82. The topological polar surface area (TPSA) is 60.7 Å². The van der Waals surface area contributed by atoms with Gasteiger partial charge in [-0.05, 0) is 63.9 Å². The summed E-state index contributed by atoms with van der Waals surface area (Å²) in [6.07, 6.45) is 0. The second-order valence-corrected chi connectivity index (χ2v) is 7.97. The Hall–Kier alpha value is -2.94. The summed E-state index contributed by atoms with van der Waals surface area (Å²) in [7, 11) is 0. The molecule has 3 aromatic carbocycles. The first-order valence-corrected chi connectivity index (χ1v) is 9.72. The molecule has 0 unspecified atom stereocenters. The fraction of sp³-hybridized carbons (Fsp3) is 0.280. The fourth-order valence-electron chi connectivity index (χ4n) is 3.71. The van der Waals surface area contributed by atoms with Gasteiger partial charge >= 0.3 is 0 Å². The lowest BCUT2D eigenvalue weighted by atomic mass is 9.82. The molecule has 0 saturated carbocycles. The third kappa shape index (κ3) is 3.99. The molecule has 3 aromatic rings. The predicted molar refractivity (Wildman–Crippen MR) is 113 cm³/mol. The number of benzene rings is 3. The van der Waals surface area contributed by atoms with Gasteiger partial charge in [0.05, 0.1) is 0 Å². The fourth-order valence-corrected chi connectivity index (χ4v) is 3.71. The van der Waals surface area contributed by atoms with Crippen LogP contribution in [0.2, 0.25) is 0 Å². The van der Waals surface area contributed by atoms with Gasteiger partial charge in [-0.25, -0.2) is 0 Å². The molecule has 0 bridgehead atoms. The molecule has 0 saturated heterocycles. The number of phenols is 3. The minimum atomic E-state index is -0.122. The van der Waals surface area contributed by atoms with Crippen LogP contribution in [0.25, 0.3) is 0 Å². The largest absolute Gasteiger partial charge is 0.508 e. The SMILES string of the molecule is CC(C)c1cc(C(c2cccc(O)c2)c2ccc(O)c(C(C)C)c2)ccc1O. The van der Waals surface area contributed by atoms with Crippen LogP contribution in [0.1, 0.15) is 73.3 Å². The van der Waals surface area contributed by atoms with Crippen LogP contribution >= 0.6 is 0 Å². The third-order valence-electron chi connectivity index (χ3n) is 5.22. The van der Waals surface area contributed by atoms with Gasteiger partial charge in [-0.2, -0.15) is 0 Å². The van der Waals surface area contributed by atoms with Gasteiger partial charge in [-0.15, -0.1) is 0 Å². The molecule has 28 heavy (non-hydrogen) atoms. The summed E-state index contributed by atoms with van der Waals surface area (Å²) < 4.78 is 0. The minimum Gasteiger partial charge on any atom is -0.508 e. The van der Waals surface area contributed by atoms with Crippen molar-refractivity contribution in [2.75, 3.05) is 0 Å². The highest BCUT2D eigenvalue weighted by Crippen LogP contribution is 2.39. The average molecular weight is 376 g/mol. The zero-order chi connectivity index (χ0) is 20.4. The van der Waals surface area contributed by atoms with Crippen LogP contribution in [0, 0.1) is 0 Å². The Bertz CT molecular complexity index is 916. The molecule has 0 spiro atoms. The van der Waals surface area contributed by atoms with Gasteiger partial charge < -0.3 is 15.3 Å². The van der Waals surface area contributed by atoms with Crippen LogP contribution in [0.3, 0.4) is 0 Å². The summed E-state index contributed by atoms with van der Waals surface area (Å²) in [6, 6.07) is 18.7. The van der Waals surface area contributed by atoms with E-state index < -0.39 is 0 Å². The number of hydrogen-bond acceptors (Lipinski definition) is 3. The molecule has 0 amide bonds. The van der Waals surface area contributed by atoms with Gasteiger partial charge in [0.1, 0.15) is 17.2 Å². The molecule has 0 aliphatic carbocycles. The van der Waals surface area contributed by atoms with Crippen LogP contribution < -0.4 is 0 Å². The Morgan fingerprint density at radius 3 is 1.46 bits per heavy atom. The van der Waals surface area contributed by atoms with Gasteiger partial charge in [-0.3, -0.25) is 0 Å². The zero-order valence-corrected chi connectivity index (χ0v) is 16.8. The Morgan fingerprint density at radius 1 is 0.571 bits per heavy atom. The highest BCUT2D eigenvalue weighted by molar-refractivity contribution is 5.51. The number of phenolic OH excluding ortho intramolecular Hbond substituents is 3. The quantitative estimate of drug-likeness (QED) is 0.463. The van der Waals surface area contributed by atoms with Crippen LogP contribution in [-0.4, -0.2) is 15.3 Å². The first kappa shape index (κ1) is 19.8. The lowest BCUT2D eigenvalue weighted by Gasteiger charge is -2.22. The Labute approximate surface area is 166 Å². The first-order chi connectivity index (χ1) is 13.3. The summed E-state index contributed by atoms with van der Waals surface area (Å²) in [6.45, 7) is 8.22. The lowest BCUT2D eigenvalue weighted by molar-refractivity contribution is 0.464. The molecule has 3 heteroatoms.